The highest BCUT2D eigenvalue weighted by atomic mass is 32.2. The molecular formula is C26H24N8S. The van der Waals surface area contributed by atoms with E-state index < -0.39 is 0 Å². The minimum absolute atomic E-state index is 0.168. The summed E-state index contributed by atoms with van der Waals surface area (Å²) in [7, 11) is 0. The standard InChI is InChI=1S/C26H24N8S/c1-18-10-8-9-15-21(18)28-25-30-22(29-24(27)31-25)17-35-26-33-32-23(16-19-11-4-2-5-12-19)34(26)20-13-6-3-7-14-20/h2-15H,16-17H2,1H3,(H3,27,28,29,30,31). The number of hydrogen-bond donors (Lipinski definition) is 2. The average molecular weight is 481 g/mol. The van der Waals surface area contributed by atoms with Crippen LogP contribution in [0.25, 0.3) is 5.69 Å². The minimum atomic E-state index is 0.168. The second kappa shape index (κ2) is 10.4. The van der Waals surface area contributed by atoms with Crippen molar-refractivity contribution in [2.45, 2.75) is 24.3 Å². The van der Waals surface area contributed by atoms with Gasteiger partial charge in [0, 0.05) is 17.8 Å². The van der Waals surface area contributed by atoms with Crippen molar-refractivity contribution in [3.8, 4) is 5.69 Å². The molecule has 35 heavy (non-hydrogen) atoms. The van der Waals surface area contributed by atoms with Gasteiger partial charge in [-0.15, -0.1) is 10.2 Å². The van der Waals surface area contributed by atoms with Crippen LogP contribution in [0.1, 0.15) is 22.8 Å². The summed E-state index contributed by atoms with van der Waals surface area (Å²) in [5.41, 5.74) is 10.2. The maximum Gasteiger partial charge on any atom is 0.232 e. The fourth-order valence-corrected chi connectivity index (χ4v) is 4.47. The molecule has 0 radical (unpaired) electrons. The number of thioether (sulfide) groups is 1. The molecule has 5 rings (SSSR count). The number of anilines is 3. The number of nitrogens with zero attached hydrogens (tertiary/aromatic N) is 6. The van der Waals surface area contributed by atoms with E-state index in [-0.39, 0.29) is 5.95 Å². The van der Waals surface area contributed by atoms with Crippen LogP contribution in [-0.4, -0.2) is 29.7 Å². The quantitative estimate of drug-likeness (QED) is 0.300. The number of aromatic nitrogens is 6. The maximum absolute atomic E-state index is 5.99. The Morgan fingerprint density at radius 3 is 2.31 bits per heavy atom. The summed E-state index contributed by atoms with van der Waals surface area (Å²) in [4.78, 5) is 13.1. The molecule has 5 aromatic rings. The second-order valence-corrected chi connectivity index (χ2v) is 8.84. The van der Waals surface area contributed by atoms with Crippen LogP contribution in [0.15, 0.2) is 90.1 Å². The molecule has 9 heteroatoms. The number of nitrogens with one attached hydrogen (secondary N) is 1. The van der Waals surface area contributed by atoms with Gasteiger partial charge in [-0.25, -0.2) is 0 Å². The molecule has 174 valence electrons. The van der Waals surface area contributed by atoms with Crippen LogP contribution < -0.4 is 11.1 Å². The van der Waals surface area contributed by atoms with E-state index >= 15 is 0 Å². The van der Waals surface area contributed by atoms with Gasteiger partial charge >= 0.3 is 0 Å². The zero-order valence-electron chi connectivity index (χ0n) is 19.2. The number of nitrogens with two attached hydrogens (primary N) is 1. The van der Waals surface area contributed by atoms with Crippen molar-refractivity contribution < 1.29 is 0 Å². The molecule has 0 unspecified atom stereocenters. The summed E-state index contributed by atoms with van der Waals surface area (Å²) in [6.45, 7) is 2.02. The van der Waals surface area contributed by atoms with E-state index in [0.29, 0.717) is 23.9 Å². The number of hydrogen-bond acceptors (Lipinski definition) is 8. The first-order chi connectivity index (χ1) is 17.2. The minimum Gasteiger partial charge on any atom is -0.368 e. The highest BCUT2D eigenvalue weighted by molar-refractivity contribution is 7.98. The normalized spacial score (nSPS) is 10.9. The Morgan fingerprint density at radius 1 is 0.829 bits per heavy atom. The van der Waals surface area contributed by atoms with Crippen LogP contribution in [-0.2, 0) is 12.2 Å². The molecule has 0 aliphatic heterocycles. The van der Waals surface area contributed by atoms with Crippen LogP contribution >= 0.6 is 11.8 Å². The molecule has 0 saturated carbocycles. The molecule has 2 heterocycles. The molecule has 0 aliphatic rings. The van der Waals surface area contributed by atoms with Crippen molar-refractivity contribution in [2.24, 2.45) is 0 Å². The van der Waals surface area contributed by atoms with E-state index in [0.717, 1.165) is 27.9 Å². The van der Waals surface area contributed by atoms with Gasteiger partial charge in [-0.1, -0.05) is 78.5 Å². The number of benzene rings is 3. The molecule has 3 aromatic carbocycles. The SMILES string of the molecule is Cc1ccccc1Nc1nc(N)nc(CSc2nnc(Cc3ccccc3)n2-c2ccccc2)n1. The Hall–Kier alpha value is -4.24. The van der Waals surface area contributed by atoms with Gasteiger partial charge in [0.1, 0.15) is 11.6 Å². The fraction of sp³-hybridized carbons (Fsp3) is 0.115. The lowest BCUT2D eigenvalue weighted by Gasteiger charge is -2.11. The zero-order valence-corrected chi connectivity index (χ0v) is 20.0. The predicted molar refractivity (Wildman–Crippen MR) is 139 cm³/mol. The third-order valence-electron chi connectivity index (χ3n) is 5.34. The summed E-state index contributed by atoms with van der Waals surface area (Å²) in [6.07, 6.45) is 0.673. The molecule has 0 fully saturated rings. The monoisotopic (exact) mass is 480 g/mol. The van der Waals surface area contributed by atoms with Gasteiger partial charge in [-0.05, 0) is 36.2 Å². The van der Waals surface area contributed by atoms with E-state index in [4.69, 9.17) is 5.73 Å². The van der Waals surface area contributed by atoms with E-state index in [2.05, 4.69) is 47.2 Å². The summed E-state index contributed by atoms with van der Waals surface area (Å²) < 4.78 is 2.08. The molecule has 8 nitrogen and oxygen atoms in total. The third kappa shape index (κ3) is 5.47. The van der Waals surface area contributed by atoms with Crippen molar-refractivity contribution in [3.05, 3.63) is 108 Å². The Morgan fingerprint density at radius 2 is 1.54 bits per heavy atom. The first-order valence-electron chi connectivity index (χ1n) is 11.2. The van der Waals surface area contributed by atoms with Gasteiger partial charge in [-0.2, -0.15) is 15.0 Å². The van der Waals surface area contributed by atoms with E-state index in [1.807, 2.05) is 79.7 Å². The molecule has 0 spiro atoms. The lowest BCUT2D eigenvalue weighted by molar-refractivity contribution is 0.846. The number of aryl methyl sites for hydroxylation is 1. The van der Waals surface area contributed by atoms with Gasteiger partial charge in [-0.3, -0.25) is 4.57 Å². The highest BCUT2D eigenvalue weighted by Crippen LogP contribution is 2.26. The molecule has 0 bridgehead atoms. The Balaban J connectivity index is 1.40. The molecule has 0 amide bonds. The Labute approximate surface area is 207 Å². The van der Waals surface area contributed by atoms with Crippen LogP contribution in [0.3, 0.4) is 0 Å². The predicted octanol–water partition coefficient (Wildman–Crippen LogP) is 4.97. The lowest BCUT2D eigenvalue weighted by Crippen LogP contribution is -2.07. The summed E-state index contributed by atoms with van der Waals surface area (Å²) in [6, 6.07) is 28.3. The Bertz CT molecular complexity index is 1420. The molecule has 3 N–H and O–H groups in total. The van der Waals surface area contributed by atoms with Crippen LogP contribution in [0.5, 0.6) is 0 Å². The smallest absolute Gasteiger partial charge is 0.232 e. The van der Waals surface area contributed by atoms with Gasteiger partial charge < -0.3 is 11.1 Å². The highest BCUT2D eigenvalue weighted by Gasteiger charge is 2.16. The van der Waals surface area contributed by atoms with Gasteiger partial charge in [0.25, 0.3) is 0 Å². The topological polar surface area (TPSA) is 107 Å². The van der Waals surface area contributed by atoms with E-state index in [1.165, 1.54) is 17.3 Å². The lowest BCUT2D eigenvalue weighted by atomic mass is 10.1. The Kier molecular flexibility index (Phi) is 6.67. The van der Waals surface area contributed by atoms with Crippen LogP contribution in [0.4, 0.5) is 17.6 Å². The molecule has 0 saturated heterocycles. The second-order valence-electron chi connectivity index (χ2n) is 7.89. The van der Waals surface area contributed by atoms with Crippen LogP contribution in [0, 0.1) is 6.92 Å². The molecular weight excluding hydrogens is 456 g/mol. The van der Waals surface area contributed by atoms with E-state index in [1.54, 1.807) is 0 Å². The molecule has 0 atom stereocenters. The molecule has 0 aliphatic carbocycles. The van der Waals surface area contributed by atoms with Crippen molar-refractivity contribution in [2.75, 3.05) is 11.1 Å². The zero-order chi connectivity index (χ0) is 24.0. The first-order valence-corrected chi connectivity index (χ1v) is 12.1. The number of para-hydroxylation sites is 2. The van der Waals surface area contributed by atoms with Crippen molar-refractivity contribution in [1.82, 2.24) is 29.7 Å². The fourth-order valence-electron chi connectivity index (χ4n) is 3.64. The van der Waals surface area contributed by atoms with Gasteiger partial charge in [0.2, 0.25) is 11.9 Å². The average Bonchev–Trinajstić information content (AvgIpc) is 3.27. The van der Waals surface area contributed by atoms with Gasteiger partial charge in [0.05, 0.1) is 5.75 Å². The van der Waals surface area contributed by atoms with Crippen LogP contribution in [0.2, 0.25) is 0 Å². The largest absolute Gasteiger partial charge is 0.368 e. The summed E-state index contributed by atoms with van der Waals surface area (Å²) in [5, 5.41) is 13.0. The number of nitrogen functional groups attached to an aromatic ring is 1. The van der Waals surface area contributed by atoms with Crippen molar-refractivity contribution in [1.29, 1.82) is 0 Å². The summed E-state index contributed by atoms with van der Waals surface area (Å²) >= 11 is 1.51. The molecule has 2 aromatic heterocycles. The maximum atomic E-state index is 5.99. The van der Waals surface area contributed by atoms with E-state index in [9.17, 15) is 0 Å². The van der Waals surface area contributed by atoms with Gasteiger partial charge in [0.15, 0.2) is 5.16 Å². The number of rotatable bonds is 8. The van der Waals surface area contributed by atoms with Crippen molar-refractivity contribution in [3.63, 3.8) is 0 Å². The first kappa shape index (κ1) is 22.5. The summed E-state index contributed by atoms with van der Waals surface area (Å²) in [5.74, 6) is 2.47. The van der Waals surface area contributed by atoms with Crippen molar-refractivity contribution >= 4 is 29.3 Å². The third-order valence-corrected chi connectivity index (χ3v) is 6.27.